The Morgan fingerprint density at radius 3 is 2.41 bits per heavy atom. The summed E-state index contributed by atoms with van der Waals surface area (Å²) in [6, 6.07) is 22.7. The van der Waals surface area contributed by atoms with Crippen molar-refractivity contribution in [2.75, 3.05) is 0 Å². The molecule has 0 radical (unpaired) electrons. The summed E-state index contributed by atoms with van der Waals surface area (Å²) in [6.07, 6.45) is 2.10. The molecule has 0 aliphatic heterocycles. The Labute approximate surface area is 136 Å². The van der Waals surface area contributed by atoms with E-state index < -0.39 is 0 Å². The minimum Gasteiger partial charge on any atom is -0.346 e. The summed E-state index contributed by atoms with van der Waals surface area (Å²) in [5, 5.41) is 4.31. The van der Waals surface area contributed by atoms with Crippen LogP contribution in [0.25, 0.3) is 0 Å². The van der Waals surface area contributed by atoms with Gasteiger partial charge in [0.25, 0.3) is 0 Å². The first-order valence-electron chi connectivity index (χ1n) is 7.45. The van der Waals surface area contributed by atoms with Crippen LogP contribution in [0.3, 0.4) is 0 Å². The molecule has 0 aliphatic rings. The smallest absolute Gasteiger partial charge is 0.0488 e. The van der Waals surface area contributed by atoms with Gasteiger partial charge in [0.1, 0.15) is 0 Å². The van der Waals surface area contributed by atoms with Gasteiger partial charge in [0, 0.05) is 36.5 Å². The molecule has 0 spiro atoms. The molecule has 3 aromatic rings. The van der Waals surface area contributed by atoms with Crippen LogP contribution in [0.15, 0.2) is 72.9 Å². The van der Waals surface area contributed by atoms with Gasteiger partial charge in [0.05, 0.1) is 0 Å². The van der Waals surface area contributed by atoms with E-state index in [1.807, 2.05) is 24.3 Å². The molecule has 22 heavy (non-hydrogen) atoms. The lowest BCUT2D eigenvalue weighted by Crippen LogP contribution is -2.16. The summed E-state index contributed by atoms with van der Waals surface area (Å²) in [5.41, 5.74) is 3.70. The van der Waals surface area contributed by atoms with E-state index in [2.05, 4.69) is 58.5 Å². The summed E-state index contributed by atoms with van der Waals surface area (Å²) in [4.78, 5) is 0. The SMILES string of the molecule is Clc1ccccc1Cn1cccc1CNCc1ccccc1. The van der Waals surface area contributed by atoms with Crippen LogP contribution in [0.4, 0.5) is 0 Å². The molecule has 1 heterocycles. The van der Waals surface area contributed by atoms with E-state index in [-0.39, 0.29) is 0 Å². The Bertz CT molecular complexity index is 719. The van der Waals surface area contributed by atoms with Gasteiger partial charge < -0.3 is 9.88 Å². The van der Waals surface area contributed by atoms with E-state index in [0.29, 0.717) is 0 Å². The number of hydrogen-bond donors (Lipinski definition) is 1. The van der Waals surface area contributed by atoms with Gasteiger partial charge in [-0.05, 0) is 29.3 Å². The molecule has 2 aromatic carbocycles. The van der Waals surface area contributed by atoms with Crippen LogP contribution in [-0.2, 0) is 19.6 Å². The zero-order valence-electron chi connectivity index (χ0n) is 12.4. The number of benzene rings is 2. The molecule has 0 fully saturated rings. The summed E-state index contributed by atoms with van der Waals surface area (Å²) in [5.74, 6) is 0. The molecule has 0 saturated carbocycles. The van der Waals surface area contributed by atoms with Crippen molar-refractivity contribution in [1.29, 1.82) is 0 Å². The molecule has 3 heteroatoms. The number of nitrogens with one attached hydrogen (secondary N) is 1. The topological polar surface area (TPSA) is 17.0 Å². The van der Waals surface area contributed by atoms with Crippen LogP contribution in [0.2, 0.25) is 5.02 Å². The third kappa shape index (κ3) is 3.79. The second-order valence-corrected chi connectivity index (χ2v) is 5.72. The van der Waals surface area contributed by atoms with Crippen molar-refractivity contribution in [3.8, 4) is 0 Å². The molecule has 0 saturated heterocycles. The quantitative estimate of drug-likeness (QED) is 0.710. The highest BCUT2D eigenvalue weighted by molar-refractivity contribution is 6.31. The van der Waals surface area contributed by atoms with E-state index in [0.717, 1.165) is 30.2 Å². The van der Waals surface area contributed by atoms with Crippen molar-refractivity contribution in [3.05, 3.63) is 94.8 Å². The molecule has 0 amide bonds. The first kappa shape index (κ1) is 14.9. The summed E-state index contributed by atoms with van der Waals surface area (Å²) >= 11 is 6.25. The molecule has 2 nitrogen and oxygen atoms in total. The molecule has 1 aromatic heterocycles. The highest BCUT2D eigenvalue weighted by atomic mass is 35.5. The third-order valence-electron chi connectivity index (χ3n) is 3.70. The molecule has 0 bridgehead atoms. The molecular formula is C19H19ClN2. The molecule has 0 aliphatic carbocycles. The second kappa shape index (κ2) is 7.30. The van der Waals surface area contributed by atoms with Crippen molar-refractivity contribution in [3.63, 3.8) is 0 Å². The highest BCUT2D eigenvalue weighted by Gasteiger charge is 2.04. The van der Waals surface area contributed by atoms with Crippen molar-refractivity contribution in [2.24, 2.45) is 0 Å². The zero-order valence-corrected chi connectivity index (χ0v) is 13.1. The van der Waals surface area contributed by atoms with Crippen molar-refractivity contribution in [2.45, 2.75) is 19.6 Å². The van der Waals surface area contributed by atoms with Crippen LogP contribution in [0, 0.1) is 0 Å². The zero-order chi connectivity index (χ0) is 15.2. The Morgan fingerprint density at radius 2 is 1.59 bits per heavy atom. The maximum absolute atomic E-state index is 6.25. The first-order valence-corrected chi connectivity index (χ1v) is 7.83. The van der Waals surface area contributed by atoms with Gasteiger partial charge in [0.15, 0.2) is 0 Å². The minimum absolute atomic E-state index is 0.801. The van der Waals surface area contributed by atoms with Gasteiger partial charge in [-0.25, -0.2) is 0 Å². The normalized spacial score (nSPS) is 10.8. The Balaban J connectivity index is 1.61. The maximum Gasteiger partial charge on any atom is 0.0488 e. The Kier molecular flexibility index (Phi) is 4.94. The lowest BCUT2D eigenvalue weighted by Gasteiger charge is -2.11. The van der Waals surface area contributed by atoms with Crippen LogP contribution in [-0.4, -0.2) is 4.57 Å². The molecule has 0 atom stereocenters. The monoisotopic (exact) mass is 310 g/mol. The largest absolute Gasteiger partial charge is 0.346 e. The highest BCUT2D eigenvalue weighted by Crippen LogP contribution is 2.17. The van der Waals surface area contributed by atoms with Crippen LogP contribution < -0.4 is 5.32 Å². The number of aromatic nitrogens is 1. The van der Waals surface area contributed by atoms with Crippen molar-refractivity contribution < 1.29 is 0 Å². The standard InChI is InChI=1S/C19H19ClN2/c20-19-11-5-4-9-17(19)15-22-12-6-10-18(22)14-21-13-16-7-2-1-3-8-16/h1-12,21H,13-15H2. The van der Waals surface area contributed by atoms with Gasteiger partial charge >= 0.3 is 0 Å². The lowest BCUT2D eigenvalue weighted by molar-refractivity contribution is 0.638. The van der Waals surface area contributed by atoms with E-state index in [1.165, 1.54) is 11.3 Å². The summed E-state index contributed by atoms with van der Waals surface area (Å²) < 4.78 is 2.24. The Morgan fingerprint density at radius 1 is 0.818 bits per heavy atom. The summed E-state index contributed by atoms with van der Waals surface area (Å²) in [7, 11) is 0. The van der Waals surface area contributed by atoms with E-state index in [4.69, 9.17) is 11.6 Å². The molecule has 3 rings (SSSR count). The lowest BCUT2D eigenvalue weighted by atomic mass is 10.2. The second-order valence-electron chi connectivity index (χ2n) is 5.31. The predicted octanol–water partition coefficient (Wildman–Crippen LogP) is 4.48. The molecular weight excluding hydrogens is 292 g/mol. The van der Waals surface area contributed by atoms with Crippen molar-refractivity contribution >= 4 is 11.6 Å². The number of nitrogens with zero attached hydrogens (tertiary/aromatic N) is 1. The van der Waals surface area contributed by atoms with Crippen LogP contribution >= 0.6 is 11.6 Å². The average molecular weight is 311 g/mol. The van der Waals surface area contributed by atoms with Crippen molar-refractivity contribution in [1.82, 2.24) is 9.88 Å². The average Bonchev–Trinajstić information content (AvgIpc) is 2.98. The molecule has 1 N–H and O–H groups in total. The summed E-state index contributed by atoms with van der Waals surface area (Å²) in [6.45, 7) is 2.51. The fourth-order valence-corrected chi connectivity index (χ4v) is 2.70. The van der Waals surface area contributed by atoms with E-state index >= 15 is 0 Å². The van der Waals surface area contributed by atoms with Crippen LogP contribution in [0.5, 0.6) is 0 Å². The third-order valence-corrected chi connectivity index (χ3v) is 4.07. The van der Waals surface area contributed by atoms with Crippen LogP contribution in [0.1, 0.15) is 16.8 Å². The fraction of sp³-hybridized carbons (Fsp3) is 0.158. The maximum atomic E-state index is 6.25. The van der Waals surface area contributed by atoms with E-state index in [9.17, 15) is 0 Å². The predicted molar refractivity (Wildman–Crippen MR) is 92.0 cm³/mol. The van der Waals surface area contributed by atoms with E-state index in [1.54, 1.807) is 0 Å². The first-order chi connectivity index (χ1) is 10.8. The Hall–Kier alpha value is -2.03. The molecule has 112 valence electrons. The fourth-order valence-electron chi connectivity index (χ4n) is 2.51. The van der Waals surface area contributed by atoms with Gasteiger partial charge in [-0.2, -0.15) is 0 Å². The van der Waals surface area contributed by atoms with Gasteiger partial charge in [-0.3, -0.25) is 0 Å². The minimum atomic E-state index is 0.801. The number of halogens is 1. The van der Waals surface area contributed by atoms with Gasteiger partial charge in [0.2, 0.25) is 0 Å². The molecule has 0 unspecified atom stereocenters. The van der Waals surface area contributed by atoms with Gasteiger partial charge in [-0.1, -0.05) is 60.1 Å². The van der Waals surface area contributed by atoms with Gasteiger partial charge in [-0.15, -0.1) is 0 Å². The number of hydrogen-bond acceptors (Lipinski definition) is 1. The number of rotatable bonds is 6.